The normalized spacial score (nSPS) is 11.0. The summed E-state index contributed by atoms with van der Waals surface area (Å²) in [6.07, 6.45) is 1.48. The van der Waals surface area contributed by atoms with E-state index in [9.17, 15) is 0 Å². The molecule has 108 valence electrons. The number of nitrogens with two attached hydrogens (primary N) is 1. The molecule has 2 aromatic heterocycles. The molecule has 0 amide bonds. The van der Waals surface area contributed by atoms with Gasteiger partial charge < -0.3 is 15.5 Å². The van der Waals surface area contributed by atoms with E-state index in [2.05, 4.69) is 19.9 Å². The van der Waals surface area contributed by atoms with E-state index in [4.69, 9.17) is 22.1 Å². The van der Waals surface area contributed by atoms with Crippen LogP contribution in [0.1, 0.15) is 6.92 Å². The lowest BCUT2D eigenvalue weighted by Gasteiger charge is -2.01. The Bertz CT molecular complexity index is 791. The Balaban J connectivity index is 1.92. The van der Waals surface area contributed by atoms with Crippen LogP contribution in [0.2, 0.25) is 5.28 Å². The summed E-state index contributed by atoms with van der Waals surface area (Å²) < 4.78 is 5.46. The van der Waals surface area contributed by atoms with Crippen molar-refractivity contribution in [3.05, 3.63) is 29.7 Å². The fourth-order valence-electron chi connectivity index (χ4n) is 1.80. The SMILES string of the molecule is CCOc1ccc2nc(Sc3nc(Cl)ncc3N)[nH]c2c1. The molecular formula is C13H12ClN5OS. The van der Waals surface area contributed by atoms with Crippen LogP contribution in [-0.4, -0.2) is 26.5 Å². The van der Waals surface area contributed by atoms with Gasteiger partial charge in [0.1, 0.15) is 10.8 Å². The molecule has 0 saturated heterocycles. The van der Waals surface area contributed by atoms with Crippen LogP contribution in [0.5, 0.6) is 5.75 Å². The van der Waals surface area contributed by atoms with Crippen molar-refractivity contribution in [2.45, 2.75) is 17.1 Å². The molecule has 0 spiro atoms. The Kier molecular flexibility index (Phi) is 3.85. The minimum Gasteiger partial charge on any atom is -0.494 e. The highest BCUT2D eigenvalue weighted by molar-refractivity contribution is 7.99. The highest BCUT2D eigenvalue weighted by Crippen LogP contribution is 2.30. The smallest absolute Gasteiger partial charge is 0.223 e. The maximum atomic E-state index is 5.83. The van der Waals surface area contributed by atoms with Crippen molar-refractivity contribution in [2.75, 3.05) is 12.3 Å². The van der Waals surface area contributed by atoms with E-state index < -0.39 is 0 Å². The fraction of sp³-hybridized carbons (Fsp3) is 0.154. The Hall–Kier alpha value is -1.99. The minimum atomic E-state index is 0.154. The third-order valence-electron chi connectivity index (χ3n) is 2.69. The number of aromatic nitrogens is 4. The van der Waals surface area contributed by atoms with Gasteiger partial charge in [0.15, 0.2) is 5.16 Å². The summed E-state index contributed by atoms with van der Waals surface area (Å²) in [5.74, 6) is 0.801. The van der Waals surface area contributed by atoms with Gasteiger partial charge >= 0.3 is 0 Å². The Morgan fingerprint density at radius 3 is 3.05 bits per heavy atom. The summed E-state index contributed by atoms with van der Waals surface area (Å²) in [4.78, 5) is 15.6. The zero-order valence-electron chi connectivity index (χ0n) is 11.1. The molecule has 3 rings (SSSR count). The predicted octanol–water partition coefficient (Wildman–Crippen LogP) is 3.14. The predicted molar refractivity (Wildman–Crippen MR) is 82.8 cm³/mol. The number of nitrogen functional groups attached to an aromatic ring is 1. The third kappa shape index (κ3) is 3.03. The molecule has 8 heteroatoms. The van der Waals surface area contributed by atoms with E-state index in [1.165, 1.54) is 18.0 Å². The molecule has 0 bridgehead atoms. The number of aromatic amines is 1. The Morgan fingerprint density at radius 2 is 2.24 bits per heavy atom. The number of fused-ring (bicyclic) bond motifs is 1. The molecule has 1 aromatic carbocycles. The van der Waals surface area contributed by atoms with Crippen LogP contribution < -0.4 is 10.5 Å². The third-order valence-corrected chi connectivity index (χ3v) is 3.78. The van der Waals surface area contributed by atoms with Crippen LogP contribution in [0.15, 0.2) is 34.6 Å². The van der Waals surface area contributed by atoms with Crippen LogP contribution in [0, 0.1) is 0 Å². The van der Waals surface area contributed by atoms with Gasteiger partial charge in [0, 0.05) is 6.07 Å². The van der Waals surface area contributed by atoms with E-state index in [-0.39, 0.29) is 5.28 Å². The van der Waals surface area contributed by atoms with Gasteiger partial charge in [-0.3, -0.25) is 0 Å². The van der Waals surface area contributed by atoms with Gasteiger partial charge in [-0.2, -0.15) is 0 Å². The van der Waals surface area contributed by atoms with Gasteiger partial charge in [0.25, 0.3) is 0 Å². The molecule has 21 heavy (non-hydrogen) atoms. The van der Waals surface area contributed by atoms with Gasteiger partial charge in [-0.25, -0.2) is 15.0 Å². The number of rotatable bonds is 4. The molecule has 0 fully saturated rings. The lowest BCUT2D eigenvalue weighted by atomic mass is 10.3. The van der Waals surface area contributed by atoms with Gasteiger partial charge in [-0.15, -0.1) is 0 Å². The summed E-state index contributed by atoms with van der Waals surface area (Å²) in [7, 11) is 0. The van der Waals surface area contributed by atoms with Crippen LogP contribution in [0.25, 0.3) is 11.0 Å². The number of hydrogen-bond acceptors (Lipinski definition) is 6. The number of nitrogens with one attached hydrogen (secondary N) is 1. The van der Waals surface area contributed by atoms with Crippen LogP contribution in [-0.2, 0) is 0 Å². The second-order valence-electron chi connectivity index (χ2n) is 4.16. The van der Waals surface area contributed by atoms with Crippen LogP contribution >= 0.6 is 23.4 Å². The quantitative estimate of drug-likeness (QED) is 0.567. The first kappa shape index (κ1) is 14.0. The average Bonchev–Trinajstić information content (AvgIpc) is 2.85. The molecule has 3 N–H and O–H groups in total. The number of imidazole rings is 1. The van der Waals surface area contributed by atoms with Crippen molar-refractivity contribution < 1.29 is 4.74 Å². The first-order valence-corrected chi connectivity index (χ1v) is 7.43. The van der Waals surface area contributed by atoms with Gasteiger partial charge in [-0.1, -0.05) is 0 Å². The zero-order chi connectivity index (χ0) is 14.8. The minimum absolute atomic E-state index is 0.154. The first-order valence-electron chi connectivity index (χ1n) is 6.24. The number of halogens is 1. The molecule has 0 unspecified atom stereocenters. The molecule has 0 atom stereocenters. The monoisotopic (exact) mass is 321 g/mol. The zero-order valence-corrected chi connectivity index (χ0v) is 12.7. The number of ether oxygens (including phenoxy) is 1. The summed E-state index contributed by atoms with van der Waals surface area (Å²) in [6, 6.07) is 5.69. The van der Waals surface area contributed by atoms with Gasteiger partial charge in [0.05, 0.1) is 29.5 Å². The number of anilines is 1. The van der Waals surface area contributed by atoms with E-state index in [0.717, 1.165) is 16.8 Å². The maximum absolute atomic E-state index is 5.83. The van der Waals surface area contributed by atoms with Crippen molar-refractivity contribution in [2.24, 2.45) is 0 Å². The second kappa shape index (κ2) is 5.79. The number of hydrogen-bond donors (Lipinski definition) is 2. The van der Waals surface area contributed by atoms with Gasteiger partial charge in [-0.05, 0) is 42.4 Å². The lowest BCUT2D eigenvalue weighted by molar-refractivity contribution is 0.340. The van der Waals surface area contributed by atoms with E-state index in [1.807, 2.05) is 25.1 Å². The lowest BCUT2D eigenvalue weighted by Crippen LogP contribution is -1.94. The highest BCUT2D eigenvalue weighted by Gasteiger charge is 2.10. The molecule has 0 aliphatic heterocycles. The van der Waals surface area contributed by atoms with E-state index in [0.29, 0.717) is 22.5 Å². The molecule has 0 radical (unpaired) electrons. The second-order valence-corrected chi connectivity index (χ2v) is 5.47. The fourth-order valence-corrected chi connectivity index (χ4v) is 2.77. The number of nitrogens with zero attached hydrogens (tertiary/aromatic N) is 3. The number of H-pyrrole nitrogens is 1. The molecule has 6 nitrogen and oxygen atoms in total. The first-order chi connectivity index (χ1) is 10.2. The van der Waals surface area contributed by atoms with Crippen molar-refractivity contribution in [1.29, 1.82) is 0 Å². The standard InChI is InChI=1S/C13H12ClN5OS/c1-2-20-7-3-4-9-10(5-7)18-13(17-9)21-11-8(15)6-16-12(14)19-11/h3-6H,2,15H2,1H3,(H,17,18). The molecule has 3 aromatic rings. The summed E-state index contributed by atoms with van der Waals surface area (Å²) in [5, 5.41) is 1.40. The van der Waals surface area contributed by atoms with Crippen LogP contribution in [0.4, 0.5) is 5.69 Å². The summed E-state index contributed by atoms with van der Waals surface area (Å²) in [5.41, 5.74) is 8.03. The Labute approximate surface area is 130 Å². The van der Waals surface area contributed by atoms with Crippen molar-refractivity contribution >= 4 is 40.1 Å². The molecule has 0 aliphatic rings. The molecule has 0 saturated carbocycles. The maximum Gasteiger partial charge on any atom is 0.223 e. The molecule has 0 aliphatic carbocycles. The largest absolute Gasteiger partial charge is 0.494 e. The van der Waals surface area contributed by atoms with Crippen molar-refractivity contribution in [3.8, 4) is 5.75 Å². The van der Waals surface area contributed by atoms with E-state index in [1.54, 1.807) is 0 Å². The summed E-state index contributed by atoms with van der Waals surface area (Å²) >= 11 is 7.08. The van der Waals surface area contributed by atoms with Crippen molar-refractivity contribution in [3.63, 3.8) is 0 Å². The van der Waals surface area contributed by atoms with Gasteiger partial charge in [0.2, 0.25) is 5.28 Å². The molecule has 2 heterocycles. The molecular weight excluding hydrogens is 310 g/mol. The topological polar surface area (TPSA) is 89.7 Å². The highest BCUT2D eigenvalue weighted by atomic mass is 35.5. The number of benzene rings is 1. The van der Waals surface area contributed by atoms with E-state index >= 15 is 0 Å². The van der Waals surface area contributed by atoms with Crippen molar-refractivity contribution in [1.82, 2.24) is 19.9 Å². The summed E-state index contributed by atoms with van der Waals surface area (Å²) in [6.45, 7) is 2.57. The average molecular weight is 322 g/mol. The van der Waals surface area contributed by atoms with Crippen LogP contribution in [0.3, 0.4) is 0 Å². The Morgan fingerprint density at radius 1 is 1.38 bits per heavy atom.